The van der Waals surface area contributed by atoms with Crippen LogP contribution in [0.25, 0.3) is 0 Å². The molecule has 0 fully saturated rings. The second-order valence-electron chi connectivity index (χ2n) is 3.38. The third-order valence-corrected chi connectivity index (χ3v) is 2.94. The van der Waals surface area contributed by atoms with Crippen molar-refractivity contribution in [2.45, 2.75) is 19.4 Å². The van der Waals surface area contributed by atoms with E-state index in [0.29, 0.717) is 0 Å². The van der Waals surface area contributed by atoms with Crippen molar-refractivity contribution in [2.75, 3.05) is 20.3 Å². The number of thiazole rings is 1. The van der Waals surface area contributed by atoms with Gasteiger partial charge >= 0.3 is 0 Å². The quantitative estimate of drug-likeness (QED) is 0.733. The number of rotatable bonds is 5. The van der Waals surface area contributed by atoms with Crippen molar-refractivity contribution in [3.63, 3.8) is 0 Å². The van der Waals surface area contributed by atoms with E-state index in [1.54, 1.807) is 18.4 Å². The molecule has 3 nitrogen and oxygen atoms in total. The molecule has 1 aromatic rings. The number of hydrogen-bond donors (Lipinski definition) is 1. The Labute approximate surface area is 83.1 Å². The summed E-state index contributed by atoms with van der Waals surface area (Å²) in [5.74, 6) is 0. The van der Waals surface area contributed by atoms with Crippen LogP contribution in [0.2, 0.25) is 0 Å². The van der Waals surface area contributed by atoms with E-state index in [-0.39, 0.29) is 5.54 Å². The minimum atomic E-state index is -0.0489. The van der Waals surface area contributed by atoms with E-state index in [0.717, 1.165) is 18.2 Å². The summed E-state index contributed by atoms with van der Waals surface area (Å²) in [6.45, 7) is 5.83. The fraction of sp³-hybridized carbons (Fsp3) is 0.667. The highest BCUT2D eigenvalue weighted by atomic mass is 32.1. The number of nitrogens with zero attached hydrogens (tertiary/aromatic N) is 1. The molecular weight excluding hydrogens is 184 g/mol. The Bertz CT molecular complexity index is 234. The van der Waals surface area contributed by atoms with Crippen LogP contribution in [-0.4, -0.2) is 25.2 Å². The summed E-state index contributed by atoms with van der Waals surface area (Å²) in [5, 5.41) is 6.49. The molecule has 1 N–H and O–H groups in total. The number of hydrogen-bond acceptors (Lipinski definition) is 4. The number of nitrogens with one attached hydrogen (secondary N) is 1. The molecule has 4 heteroatoms. The van der Waals surface area contributed by atoms with Gasteiger partial charge < -0.3 is 10.1 Å². The second kappa shape index (κ2) is 4.69. The molecule has 0 saturated carbocycles. The van der Waals surface area contributed by atoms with E-state index < -0.39 is 0 Å². The zero-order valence-corrected chi connectivity index (χ0v) is 9.15. The molecule has 0 radical (unpaired) electrons. The lowest BCUT2D eigenvalue weighted by Gasteiger charge is -2.23. The molecule has 13 heavy (non-hydrogen) atoms. The van der Waals surface area contributed by atoms with E-state index in [9.17, 15) is 0 Å². The monoisotopic (exact) mass is 200 g/mol. The van der Waals surface area contributed by atoms with Gasteiger partial charge in [-0.2, -0.15) is 0 Å². The molecule has 74 valence electrons. The van der Waals surface area contributed by atoms with E-state index in [1.807, 2.05) is 11.6 Å². The standard InChI is InChI=1S/C9H16N2OS/c1-9(2,11-4-6-12-3)8-10-5-7-13-8/h5,7,11H,4,6H2,1-3H3. The summed E-state index contributed by atoms with van der Waals surface area (Å²) in [6, 6.07) is 0. The van der Waals surface area contributed by atoms with Gasteiger partial charge in [-0.25, -0.2) is 4.98 Å². The summed E-state index contributed by atoms with van der Waals surface area (Å²) < 4.78 is 4.98. The molecule has 0 saturated heterocycles. The van der Waals surface area contributed by atoms with Crippen molar-refractivity contribution in [1.82, 2.24) is 10.3 Å². The summed E-state index contributed by atoms with van der Waals surface area (Å²) in [7, 11) is 1.71. The molecule has 1 heterocycles. The Kier molecular flexibility index (Phi) is 3.84. The van der Waals surface area contributed by atoms with Crippen LogP contribution in [0.1, 0.15) is 18.9 Å². The lowest BCUT2D eigenvalue weighted by molar-refractivity contribution is 0.188. The molecular formula is C9H16N2OS. The molecule has 1 rings (SSSR count). The van der Waals surface area contributed by atoms with Gasteiger partial charge in [0.25, 0.3) is 0 Å². The molecule has 0 aliphatic rings. The van der Waals surface area contributed by atoms with Gasteiger partial charge in [-0.1, -0.05) is 0 Å². The summed E-state index contributed by atoms with van der Waals surface area (Å²) in [5.41, 5.74) is -0.0489. The first-order chi connectivity index (χ1) is 6.17. The fourth-order valence-corrected chi connectivity index (χ4v) is 1.81. The molecule has 0 aliphatic heterocycles. The Morgan fingerprint density at radius 3 is 2.92 bits per heavy atom. The summed E-state index contributed by atoms with van der Waals surface area (Å²) in [6.07, 6.45) is 1.83. The third kappa shape index (κ3) is 3.06. The van der Waals surface area contributed by atoms with Crippen LogP contribution in [0.3, 0.4) is 0 Å². The maximum absolute atomic E-state index is 4.98. The van der Waals surface area contributed by atoms with Crippen LogP contribution < -0.4 is 5.32 Å². The van der Waals surface area contributed by atoms with E-state index in [1.165, 1.54) is 0 Å². The van der Waals surface area contributed by atoms with Gasteiger partial charge in [0.2, 0.25) is 0 Å². The summed E-state index contributed by atoms with van der Waals surface area (Å²) >= 11 is 1.67. The minimum absolute atomic E-state index is 0.0489. The SMILES string of the molecule is COCCNC(C)(C)c1nccs1. The Morgan fingerprint density at radius 1 is 1.62 bits per heavy atom. The molecule has 0 aliphatic carbocycles. The number of aromatic nitrogens is 1. The topological polar surface area (TPSA) is 34.1 Å². The van der Waals surface area contributed by atoms with Gasteiger partial charge in [0.1, 0.15) is 5.01 Å². The Morgan fingerprint density at radius 2 is 2.38 bits per heavy atom. The maximum Gasteiger partial charge on any atom is 0.112 e. The van der Waals surface area contributed by atoms with E-state index >= 15 is 0 Å². The predicted molar refractivity (Wildman–Crippen MR) is 55.0 cm³/mol. The highest BCUT2D eigenvalue weighted by Crippen LogP contribution is 2.21. The van der Waals surface area contributed by atoms with Gasteiger partial charge in [-0.05, 0) is 13.8 Å². The van der Waals surface area contributed by atoms with Crippen LogP contribution in [0.5, 0.6) is 0 Å². The molecule has 0 spiro atoms. The maximum atomic E-state index is 4.98. The van der Waals surface area contributed by atoms with Gasteiger partial charge in [-0.15, -0.1) is 11.3 Å². The van der Waals surface area contributed by atoms with E-state index in [4.69, 9.17) is 4.74 Å². The Balaban J connectivity index is 2.46. The second-order valence-corrected chi connectivity index (χ2v) is 4.28. The lowest BCUT2D eigenvalue weighted by atomic mass is 10.1. The minimum Gasteiger partial charge on any atom is -0.383 e. The van der Waals surface area contributed by atoms with Crippen LogP contribution >= 0.6 is 11.3 Å². The number of methoxy groups -OCH3 is 1. The van der Waals surface area contributed by atoms with Crippen LogP contribution in [0.4, 0.5) is 0 Å². The van der Waals surface area contributed by atoms with Crippen molar-refractivity contribution in [3.8, 4) is 0 Å². The van der Waals surface area contributed by atoms with Crippen LogP contribution in [0.15, 0.2) is 11.6 Å². The average Bonchev–Trinajstić information content (AvgIpc) is 2.56. The van der Waals surface area contributed by atoms with Gasteiger partial charge in [0.15, 0.2) is 0 Å². The van der Waals surface area contributed by atoms with Gasteiger partial charge in [-0.3, -0.25) is 0 Å². The molecule has 0 atom stereocenters. The Hall–Kier alpha value is -0.450. The zero-order valence-electron chi connectivity index (χ0n) is 8.33. The molecule has 0 bridgehead atoms. The largest absolute Gasteiger partial charge is 0.383 e. The normalized spacial score (nSPS) is 11.9. The van der Waals surface area contributed by atoms with Crippen molar-refractivity contribution >= 4 is 11.3 Å². The average molecular weight is 200 g/mol. The molecule has 1 aromatic heterocycles. The fourth-order valence-electron chi connectivity index (χ4n) is 1.07. The zero-order chi connectivity index (χ0) is 9.73. The van der Waals surface area contributed by atoms with Crippen molar-refractivity contribution in [2.24, 2.45) is 0 Å². The molecule has 0 unspecified atom stereocenters. The molecule has 0 aromatic carbocycles. The van der Waals surface area contributed by atoms with Crippen molar-refractivity contribution < 1.29 is 4.74 Å². The van der Waals surface area contributed by atoms with Gasteiger partial charge in [0, 0.05) is 25.2 Å². The first kappa shape index (κ1) is 10.6. The van der Waals surface area contributed by atoms with Crippen molar-refractivity contribution in [1.29, 1.82) is 0 Å². The van der Waals surface area contributed by atoms with Gasteiger partial charge in [0.05, 0.1) is 12.1 Å². The van der Waals surface area contributed by atoms with Crippen LogP contribution in [-0.2, 0) is 10.3 Å². The van der Waals surface area contributed by atoms with Crippen molar-refractivity contribution in [3.05, 3.63) is 16.6 Å². The van der Waals surface area contributed by atoms with Crippen LogP contribution in [0, 0.1) is 0 Å². The third-order valence-electron chi connectivity index (χ3n) is 1.84. The first-order valence-corrected chi connectivity index (χ1v) is 5.19. The summed E-state index contributed by atoms with van der Waals surface area (Å²) in [4.78, 5) is 4.28. The molecule has 0 amide bonds. The van der Waals surface area contributed by atoms with E-state index in [2.05, 4.69) is 24.1 Å². The smallest absolute Gasteiger partial charge is 0.112 e. The lowest BCUT2D eigenvalue weighted by Crippen LogP contribution is -2.38. The highest BCUT2D eigenvalue weighted by Gasteiger charge is 2.21. The number of ether oxygens (including phenoxy) is 1. The highest BCUT2D eigenvalue weighted by molar-refractivity contribution is 7.09. The predicted octanol–water partition coefficient (Wildman–Crippen LogP) is 1.61. The first-order valence-electron chi connectivity index (χ1n) is 4.31.